The van der Waals surface area contributed by atoms with Crippen molar-refractivity contribution >= 4 is 11.8 Å². The molecule has 3 atom stereocenters. The van der Waals surface area contributed by atoms with E-state index in [-0.39, 0.29) is 29.7 Å². The Balaban J connectivity index is 1.99. The zero-order valence-corrected chi connectivity index (χ0v) is 12.8. The summed E-state index contributed by atoms with van der Waals surface area (Å²) in [5.41, 5.74) is 0.905. The molecule has 0 saturated heterocycles. The van der Waals surface area contributed by atoms with Gasteiger partial charge < -0.3 is 9.47 Å². The lowest BCUT2D eigenvalue weighted by molar-refractivity contribution is -0.157. The highest BCUT2D eigenvalue weighted by Gasteiger charge is 2.33. The summed E-state index contributed by atoms with van der Waals surface area (Å²) in [4.78, 5) is 23.7. The molecule has 4 heteroatoms. The minimum absolute atomic E-state index is 0.0660. The highest BCUT2D eigenvalue weighted by Crippen LogP contribution is 2.31. The van der Waals surface area contributed by atoms with Crippen molar-refractivity contribution in [2.24, 2.45) is 11.8 Å². The second-order valence-electron chi connectivity index (χ2n) is 5.72. The molecule has 0 aromatic heterocycles. The molecule has 1 saturated carbocycles. The summed E-state index contributed by atoms with van der Waals surface area (Å²) in [6.07, 6.45) is 1.24. The first-order valence-corrected chi connectivity index (χ1v) is 7.37. The number of carbonyl (C=O) groups is 2. The van der Waals surface area contributed by atoms with Gasteiger partial charge in [-0.3, -0.25) is 9.59 Å². The number of methoxy groups -OCH3 is 1. The van der Waals surface area contributed by atoms with Crippen LogP contribution in [-0.4, -0.2) is 18.9 Å². The monoisotopic (exact) mass is 290 g/mol. The van der Waals surface area contributed by atoms with Crippen molar-refractivity contribution in [3.63, 3.8) is 0 Å². The van der Waals surface area contributed by atoms with Crippen LogP contribution in [0.5, 0.6) is 5.75 Å². The molecule has 1 fully saturated rings. The van der Waals surface area contributed by atoms with Crippen LogP contribution in [0.4, 0.5) is 0 Å². The Hall–Kier alpha value is -1.84. The van der Waals surface area contributed by atoms with Crippen LogP contribution in [0.2, 0.25) is 0 Å². The quantitative estimate of drug-likeness (QED) is 0.798. The lowest BCUT2D eigenvalue weighted by atomic mass is 9.80. The normalized spacial score (nSPS) is 23.5. The van der Waals surface area contributed by atoms with Gasteiger partial charge in [0.25, 0.3) is 0 Å². The number of carbonyl (C=O) groups excluding carboxylic acids is 2. The van der Waals surface area contributed by atoms with E-state index >= 15 is 0 Å². The highest BCUT2D eigenvalue weighted by atomic mass is 16.5. The van der Waals surface area contributed by atoms with Gasteiger partial charge in [-0.05, 0) is 37.0 Å². The Labute approximate surface area is 125 Å². The van der Waals surface area contributed by atoms with Crippen molar-refractivity contribution < 1.29 is 19.1 Å². The van der Waals surface area contributed by atoms with Crippen LogP contribution in [0.15, 0.2) is 24.3 Å². The number of hydrogen-bond acceptors (Lipinski definition) is 4. The van der Waals surface area contributed by atoms with Gasteiger partial charge in [-0.15, -0.1) is 0 Å². The van der Waals surface area contributed by atoms with Crippen LogP contribution in [-0.2, 0) is 14.3 Å². The van der Waals surface area contributed by atoms with Crippen LogP contribution >= 0.6 is 0 Å². The zero-order chi connectivity index (χ0) is 15.4. The SMILES string of the molecule is COc1cccc([C@H](C)OC(=O)[C@@H]2CCC(=O)C[C@@H]2C)c1. The van der Waals surface area contributed by atoms with Gasteiger partial charge >= 0.3 is 5.97 Å². The summed E-state index contributed by atoms with van der Waals surface area (Å²) in [6.45, 7) is 3.80. The minimum atomic E-state index is -0.322. The first kappa shape index (κ1) is 15.5. The molecule has 0 amide bonds. The molecular weight excluding hydrogens is 268 g/mol. The summed E-state index contributed by atoms with van der Waals surface area (Å²) in [5.74, 6) is 0.678. The van der Waals surface area contributed by atoms with Crippen molar-refractivity contribution in [1.29, 1.82) is 0 Å². The molecule has 21 heavy (non-hydrogen) atoms. The third kappa shape index (κ3) is 3.84. The number of ketones is 1. The number of esters is 1. The molecule has 1 aromatic rings. The van der Waals surface area contributed by atoms with Gasteiger partial charge in [-0.1, -0.05) is 19.1 Å². The summed E-state index contributed by atoms with van der Waals surface area (Å²) in [5, 5.41) is 0. The van der Waals surface area contributed by atoms with E-state index in [1.54, 1.807) is 7.11 Å². The number of ether oxygens (including phenoxy) is 2. The molecule has 4 nitrogen and oxygen atoms in total. The standard InChI is InChI=1S/C17H22O4/c1-11-9-14(18)7-8-16(11)17(19)21-12(2)13-5-4-6-15(10-13)20-3/h4-6,10-12,16H,7-9H2,1-3H3/t11-,12-,16+/m0/s1. The highest BCUT2D eigenvalue weighted by molar-refractivity contribution is 5.83. The van der Waals surface area contributed by atoms with Crippen molar-refractivity contribution in [2.45, 2.75) is 39.2 Å². The topological polar surface area (TPSA) is 52.6 Å². The fraction of sp³-hybridized carbons (Fsp3) is 0.529. The smallest absolute Gasteiger partial charge is 0.309 e. The second kappa shape index (κ2) is 6.74. The number of Topliss-reactive ketones (excluding diaryl/α,β-unsaturated/α-hetero) is 1. The van der Waals surface area contributed by atoms with Gasteiger partial charge in [0.1, 0.15) is 17.6 Å². The van der Waals surface area contributed by atoms with Crippen LogP contribution in [0, 0.1) is 11.8 Å². The summed E-state index contributed by atoms with van der Waals surface area (Å²) in [6, 6.07) is 7.51. The van der Waals surface area contributed by atoms with E-state index in [4.69, 9.17) is 9.47 Å². The van der Waals surface area contributed by atoms with Crippen molar-refractivity contribution in [2.75, 3.05) is 7.11 Å². The molecule has 0 N–H and O–H groups in total. The molecule has 0 spiro atoms. The van der Waals surface area contributed by atoms with E-state index < -0.39 is 0 Å². The number of rotatable bonds is 4. The van der Waals surface area contributed by atoms with Crippen LogP contribution < -0.4 is 4.74 Å². The Bertz CT molecular complexity index is 523. The summed E-state index contributed by atoms with van der Waals surface area (Å²) in [7, 11) is 1.61. The lowest BCUT2D eigenvalue weighted by Gasteiger charge is -2.27. The molecule has 0 bridgehead atoms. The summed E-state index contributed by atoms with van der Waals surface area (Å²) >= 11 is 0. The van der Waals surface area contributed by atoms with E-state index in [9.17, 15) is 9.59 Å². The molecule has 0 aliphatic heterocycles. The second-order valence-corrected chi connectivity index (χ2v) is 5.72. The zero-order valence-electron chi connectivity index (χ0n) is 12.8. The first-order valence-electron chi connectivity index (χ1n) is 7.37. The average molecular weight is 290 g/mol. The predicted octanol–water partition coefficient (Wildman–Crippen LogP) is 3.30. The lowest BCUT2D eigenvalue weighted by Crippen LogP contribution is -2.31. The van der Waals surface area contributed by atoms with Gasteiger partial charge in [0, 0.05) is 12.8 Å². The molecule has 114 valence electrons. The van der Waals surface area contributed by atoms with Gasteiger partial charge in [0.2, 0.25) is 0 Å². The molecule has 2 rings (SSSR count). The van der Waals surface area contributed by atoms with Crippen LogP contribution in [0.1, 0.15) is 44.8 Å². The molecule has 1 aliphatic carbocycles. The third-order valence-electron chi connectivity index (χ3n) is 4.13. The van der Waals surface area contributed by atoms with Crippen LogP contribution in [0.3, 0.4) is 0 Å². The van der Waals surface area contributed by atoms with Gasteiger partial charge in [0.05, 0.1) is 13.0 Å². The van der Waals surface area contributed by atoms with Gasteiger partial charge in [-0.25, -0.2) is 0 Å². The Morgan fingerprint density at radius 1 is 1.38 bits per heavy atom. The van der Waals surface area contributed by atoms with Gasteiger partial charge in [-0.2, -0.15) is 0 Å². The number of benzene rings is 1. The molecule has 0 heterocycles. The average Bonchev–Trinajstić information content (AvgIpc) is 2.47. The van der Waals surface area contributed by atoms with E-state index in [0.29, 0.717) is 19.3 Å². The fourth-order valence-electron chi connectivity index (χ4n) is 2.78. The van der Waals surface area contributed by atoms with Crippen molar-refractivity contribution in [1.82, 2.24) is 0 Å². The fourth-order valence-corrected chi connectivity index (χ4v) is 2.78. The maximum Gasteiger partial charge on any atom is 0.309 e. The molecule has 1 aromatic carbocycles. The minimum Gasteiger partial charge on any atom is -0.497 e. The molecule has 0 radical (unpaired) electrons. The Morgan fingerprint density at radius 3 is 2.81 bits per heavy atom. The van der Waals surface area contributed by atoms with E-state index in [1.807, 2.05) is 38.1 Å². The van der Waals surface area contributed by atoms with Crippen molar-refractivity contribution in [3.05, 3.63) is 29.8 Å². The number of hydrogen-bond donors (Lipinski definition) is 0. The van der Waals surface area contributed by atoms with Crippen molar-refractivity contribution in [3.8, 4) is 5.75 Å². The van der Waals surface area contributed by atoms with E-state index in [0.717, 1.165) is 11.3 Å². The molecule has 0 unspecified atom stereocenters. The van der Waals surface area contributed by atoms with Gasteiger partial charge in [0.15, 0.2) is 0 Å². The Morgan fingerprint density at radius 2 is 2.14 bits per heavy atom. The summed E-state index contributed by atoms with van der Waals surface area (Å²) < 4.78 is 10.8. The maximum absolute atomic E-state index is 12.3. The van der Waals surface area contributed by atoms with E-state index in [1.165, 1.54) is 0 Å². The molecule has 1 aliphatic rings. The predicted molar refractivity (Wildman–Crippen MR) is 79.0 cm³/mol. The van der Waals surface area contributed by atoms with E-state index in [2.05, 4.69) is 0 Å². The Kier molecular flexibility index (Phi) is 4.99. The first-order chi connectivity index (χ1) is 10.0. The van der Waals surface area contributed by atoms with Crippen LogP contribution in [0.25, 0.3) is 0 Å². The largest absolute Gasteiger partial charge is 0.497 e. The maximum atomic E-state index is 12.3. The molecular formula is C17H22O4. The third-order valence-corrected chi connectivity index (χ3v) is 4.13.